The van der Waals surface area contributed by atoms with Gasteiger partial charge in [-0.15, -0.1) is 0 Å². The van der Waals surface area contributed by atoms with Crippen LogP contribution >= 0.6 is 0 Å². The molecular weight excluding hydrogens is 162 g/mol. The standard InChI is InChI=1S/C11H21NO/c1-9(2)11(12-8-13)6-4-10(3)5-7-11/h8-10H,4-7H2,1-3H3,(H,12,13). The number of carbonyl (C=O) groups is 1. The summed E-state index contributed by atoms with van der Waals surface area (Å²) in [5, 5.41) is 3.04. The topological polar surface area (TPSA) is 29.1 Å². The van der Waals surface area contributed by atoms with E-state index in [1.807, 2.05) is 0 Å². The number of nitrogens with one attached hydrogen (secondary N) is 1. The van der Waals surface area contributed by atoms with Gasteiger partial charge in [-0.1, -0.05) is 20.8 Å². The van der Waals surface area contributed by atoms with Crippen molar-refractivity contribution in [2.45, 2.75) is 52.0 Å². The van der Waals surface area contributed by atoms with Gasteiger partial charge in [-0.3, -0.25) is 4.79 Å². The van der Waals surface area contributed by atoms with Crippen LogP contribution in [0.25, 0.3) is 0 Å². The summed E-state index contributed by atoms with van der Waals surface area (Å²) in [4.78, 5) is 10.6. The highest BCUT2D eigenvalue weighted by Gasteiger charge is 2.36. The van der Waals surface area contributed by atoms with Gasteiger partial charge < -0.3 is 5.32 Å². The van der Waals surface area contributed by atoms with E-state index in [1.165, 1.54) is 12.8 Å². The van der Waals surface area contributed by atoms with Crippen LogP contribution in [0.5, 0.6) is 0 Å². The summed E-state index contributed by atoms with van der Waals surface area (Å²) in [5.74, 6) is 1.38. The molecule has 1 aliphatic rings. The average Bonchev–Trinajstić information content (AvgIpc) is 2.09. The Morgan fingerprint density at radius 3 is 2.31 bits per heavy atom. The van der Waals surface area contributed by atoms with Crippen LogP contribution in [0.15, 0.2) is 0 Å². The molecule has 0 aromatic rings. The largest absolute Gasteiger partial charge is 0.353 e. The highest BCUT2D eigenvalue weighted by molar-refractivity contribution is 5.48. The lowest BCUT2D eigenvalue weighted by atomic mass is 9.71. The first-order chi connectivity index (χ1) is 6.10. The van der Waals surface area contributed by atoms with Crippen LogP contribution in [-0.4, -0.2) is 11.9 Å². The average molecular weight is 183 g/mol. The molecule has 0 spiro atoms. The third-order valence-corrected chi connectivity index (χ3v) is 3.62. The first-order valence-electron chi connectivity index (χ1n) is 5.32. The predicted molar refractivity (Wildman–Crippen MR) is 54.4 cm³/mol. The highest BCUT2D eigenvalue weighted by atomic mass is 16.1. The smallest absolute Gasteiger partial charge is 0.207 e. The second-order valence-corrected chi connectivity index (χ2v) is 4.76. The van der Waals surface area contributed by atoms with Gasteiger partial charge in [0.2, 0.25) is 6.41 Å². The van der Waals surface area contributed by atoms with Crippen molar-refractivity contribution in [2.75, 3.05) is 0 Å². The van der Waals surface area contributed by atoms with Gasteiger partial charge in [-0.25, -0.2) is 0 Å². The van der Waals surface area contributed by atoms with Gasteiger partial charge in [0.25, 0.3) is 0 Å². The van der Waals surface area contributed by atoms with E-state index in [4.69, 9.17) is 0 Å². The molecule has 0 aromatic heterocycles. The van der Waals surface area contributed by atoms with Crippen LogP contribution in [-0.2, 0) is 4.79 Å². The number of rotatable bonds is 3. The molecule has 1 saturated carbocycles. The molecule has 0 radical (unpaired) electrons. The zero-order valence-electron chi connectivity index (χ0n) is 8.97. The molecule has 76 valence electrons. The van der Waals surface area contributed by atoms with Gasteiger partial charge in [-0.05, 0) is 37.5 Å². The monoisotopic (exact) mass is 183 g/mol. The van der Waals surface area contributed by atoms with E-state index in [0.29, 0.717) is 5.92 Å². The summed E-state index contributed by atoms with van der Waals surface area (Å²) in [6.45, 7) is 6.70. The van der Waals surface area contributed by atoms with Gasteiger partial charge in [-0.2, -0.15) is 0 Å². The van der Waals surface area contributed by atoms with E-state index >= 15 is 0 Å². The lowest BCUT2D eigenvalue weighted by Gasteiger charge is -2.42. The molecule has 0 atom stereocenters. The maximum Gasteiger partial charge on any atom is 0.207 e. The van der Waals surface area contributed by atoms with E-state index in [1.54, 1.807) is 0 Å². The molecule has 0 unspecified atom stereocenters. The lowest BCUT2D eigenvalue weighted by molar-refractivity contribution is -0.112. The normalized spacial score (nSPS) is 34.6. The summed E-state index contributed by atoms with van der Waals surface area (Å²) < 4.78 is 0. The molecule has 13 heavy (non-hydrogen) atoms. The van der Waals surface area contributed by atoms with Crippen molar-refractivity contribution < 1.29 is 4.79 Å². The summed E-state index contributed by atoms with van der Waals surface area (Å²) in [6.07, 6.45) is 5.66. The Morgan fingerprint density at radius 2 is 1.92 bits per heavy atom. The molecule has 2 heteroatoms. The summed E-state index contributed by atoms with van der Waals surface area (Å²) in [6, 6.07) is 0. The van der Waals surface area contributed by atoms with Crippen molar-refractivity contribution in [2.24, 2.45) is 11.8 Å². The van der Waals surface area contributed by atoms with Crippen LogP contribution in [0.3, 0.4) is 0 Å². The summed E-state index contributed by atoms with van der Waals surface area (Å²) in [7, 11) is 0. The lowest BCUT2D eigenvalue weighted by Crippen LogP contribution is -2.51. The SMILES string of the molecule is CC1CCC(NC=O)(C(C)C)CC1. The van der Waals surface area contributed by atoms with Crippen LogP contribution in [0.1, 0.15) is 46.5 Å². The van der Waals surface area contributed by atoms with Gasteiger partial charge in [0, 0.05) is 5.54 Å². The van der Waals surface area contributed by atoms with E-state index in [9.17, 15) is 4.79 Å². The first-order valence-corrected chi connectivity index (χ1v) is 5.32. The zero-order chi connectivity index (χ0) is 9.90. The van der Waals surface area contributed by atoms with Crippen molar-refractivity contribution in [3.63, 3.8) is 0 Å². The Labute approximate surface area is 81.1 Å². The Hall–Kier alpha value is -0.530. The molecule has 1 amide bonds. The maximum atomic E-state index is 10.6. The second kappa shape index (κ2) is 4.12. The molecule has 2 nitrogen and oxygen atoms in total. The fourth-order valence-electron chi connectivity index (χ4n) is 2.28. The van der Waals surface area contributed by atoms with Gasteiger partial charge >= 0.3 is 0 Å². The minimum atomic E-state index is 0.0915. The molecule has 1 fully saturated rings. The van der Waals surface area contributed by atoms with Crippen molar-refractivity contribution in [1.29, 1.82) is 0 Å². The van der Waals surface area contributed by atoms with E-state index in [2.05, 4.69) is 26.1 Å². The molecule has 0 heterocycles. The third kappa shape index (κ3) is 2.23. The maximum absolute atomic E-state index is 10.6. The minimum absolute atomic E-state index is 0.0915. The van der Waals surface area contributed by atoms with Crippen LogP contribution in [0, 0.1) is 11.8 Å². The molecule has 1 N–H and O–H groups in total. The highest BCUT2D eigenvalue weighted by Crippen LogP contribution is 2.36. The fraction of sp³-hybridized carbons (Fsp3) is 0.909. The van der Waals surface area contributed by atoms with Crippen molar-refractivity contribution >= 4 is 6.41 Å². The van der Waals surface area contributed by atoms with Crippen LogP contribution in [0.4, 0.5) is 0 Å². The molecule has 0 aliphatic heterocycles. The number of hydrogen-bond donors (Lipinski definition) is 1. The Morgan fingerprint density at radius 1 is 1.38 bits per heavy atom. The molecule has 1 aliphatic carbocycles. The van der Waals surface area contributed by atoms with Crippen molar-refractivity contribution in [1.82, 2.24) is 5.32 Å². The van der Waals surface area contributed by atoms with E-state index < -0.39 is 0 Å². The summed E-state index contributed by atoms with van der Waals surface area (Å²) >= 11 is 0. The predicted octanol–water partition coefficient (Wildman–Crippen LogP) is 2.34. The van der Waals surface area contributed by atoms with E-state index in [-0.39, 0.29) is 5.54 Å². The first kappa shape index (κ1) is 10.6. The van der Waals surface area contributed by atoms with Gasteiger partial charge in [0.15, 0.2) is 0 Å². The molecule has 0 aromatic carbocycles. The minimum Gasteiger partial charge on any atom is -0.353 e. The van der Waals surface area contributed by atoms with Gasteiger partial charge in [0.1, 0.15) is 0 Å². The number of amides is 1. The Kier molecular flexibility index (Phi) is 3.34. The number of hydrogen-bond acceptors (Lipinski definition) is 1. The van der Waals surface area contributed by atoms with Crippen molar-refractivity contribution in [3.8, 4) is 0 Å². The quantitative estimate of drug-likeness (QED) is 0.668. The zero-order valence-corrected chi connectivity index (χ0v) is 8.97. The molecule has 1 rings (SSSR count). The second-order valence-electron chi connectivity index (χ2n) is 4.76. The van der Waals surface area contributed by atoms with Crippen LogP contribution < -0.4 is 5.32 Å². The van der Waals surface area contributed by atoms with Gasteiger partial charge in [0.05, 0.1) is 0 Å². The Bertz CT molecular complexity index is 169. The fourth-order valence-corrected chi connectivity index (χ4v) is 2.28. The molecule has 0 bridgehead atoms. The number of carbonyl (C=O) groups excluding carboxylic acids is 1. The van der Waals surface area contributed by atoms with E-state index in [0.717, 1.165) is 25.2 Å². The van der Waals surface area contributed by atoms with Crippen LogP contribution in [0.2, 0.25) is 0 Å². The third-order valence-electron chi connectivity index (χ3n) is 3.62. The molecule has 0 saturated heterocycles. The summed E-state index contributed by atoms with van der Waals surface area (Å²) in [5.41, 5.74) is 0.0915. The molecular formula is C11H21NO. The van der Waals surface area contributed by atoms with Crippen molar-refractivity contribution in [3.05, 3.63) is 0 Å². The Balaban J connectivity index is 2.63.